The smallest absolute Gasteiger partial charge is 0.212 e. The number of pyridine rings is 1. The van der Waals surface area contributed by atoms with E-state index in [4.69, 9.17) is 4.74 Å². The van der Waals surface area contributed by atoms with Crippen LogP contribution in [0.2, 0.25) is 0 Å². The molecule has 1 saturated heterocycles. The SMILES string of the molecule is Fc1ccc(NC2CCCOC2)cn1. The Bertz CT molecular complexity index is 283. The van der Waals surface area contributed by atoms with E-state index in [0.29, 0.717) is 6.04 Å². The summed E-state index contributed by atoms with van der Waals surface area (Å²) in [5, 5.41) is 3.25. The van der Waals surface area contributed by atoms with Crippen LogP contribution >= 0.6 is 0 Å². The lowest BCUT2D eigenvalue weighted by atomic mass is 10.1. The molecular weight excluding hydrogens is 183 g/mol. The predicted molar refractivity (Wildman–Crippen MR) is 51.7 cm³/mol. The first kappa shape index (κ1) is 9.40. The summed E-state index contributed by atoms with van der Waals surface area (Å²) < 4.78 is 17.8. The van der Waals surface area contributed by atoms with Gasteiger partial charge in [0.2, 0.25) is 5.95 Å². The Hall–Kier alpha value is -1.16. The average Bonchev–Trinajstić information content (AvgIpc) is 2.23. The minimum Gasteiger partial charge on any atom is -0.379 e. The Morgan fingerprint density at radius 1 is 1.50 bits per heavy atom. The molecule has 1 aromatic heterocycles. The molecule has 1 aliphatic heterocycles. The van der Waals surface area contributed by atoms with E-state index in [2.05, 4.69) is 10.3 Å². The highest BCUT2D eigenvalue weighted by atomic mass is 19.1. The van der Waals surface area contributed by atoms with Crippen LogP contribution in [0.1, 0.15) is 12.8 Å². The maximum Gasteiger partial charge on any atom is 0.212 e. The molecular formula is C10H13FN2O. The van der Waals surface area contributed by atoms with Crippen molar-refractivity contribution in [1.82, 2.24) is 4.98 Å². The van der Waals surface area contributed by atoms with Gasteiger partial charge in [0.05, 0.1) is 18.5 Å². The molecule has 0 saturated carbocycles. The molecule has 0 aliphatic carbocycles. The molecule has 1 N–H and O–H groups in total. The lowest BCUT2D eigenvalue weighted by molar-refractivity contribution is 0.0876. The Morgan fingerprint density at radius 3 is 3.07 bits per heavy atom. The Kier molecular flexibility index (Phi) is 2.93. The second-order valence-corrected chi connectivity index (χ2v) is 3.43. The van der Waals surface area contributed by atoms with Crippen molar-refractivity contribution in [2.45, 2.75) is 18.9 Å². The summed E-state index contributed by atoms with van der Waals surface area (Å²) in [5.74, 6) is -0.449. The molecule has 76 valence electrons. The van der Waals surface area contributed by atoms with Crippen molar-refractivity contribution in [1.29, 1.82) is 0 Å². The molecule has 1 fully saturated rings. The van der Waals surface area contributed by atoms with E-state index in [9.17, 15) is 4.39 Å². The number of ether oxygens (including phenoxy) is 1. The first-order valence-electron chi connectivity index (χ1n) is 4.80. The maximum atomic E-state index is 12.5. The largest absolute Gasteiger partial charge is 0.379 e. The average molecular weight is 196 g/mol. The van der Waals surface area contributed by atoms with Crippen molar-refractivity contribution >= 4 is 5.69 Å². The number of hydrogen-bond acceptors (Lipinski definition) is 3. The number of nitrogens with one attached hydrogen (secondary N) is 1. The molecule has 1 aromatic rings. The summed E-state index contributed by atoms with van der Waals surface area (Å²) in [4.78, 5) is 3.57. The number of hydrogen-bond donors (Lipinski definition) is 1. The molecule has 1 aliphatic rings. The zero-order valence-corrected chi connectivity index (χ0v) is 7.87. The van der Waals surface area contributed by atoms with Gasteiger partial charge in [-0.3, -0.25) is 0 Å². The minimum absolute atomic E-state index is 0.330. The minimum atomic E-state index is -0.449. The lowest BCUT2D eigenvalue weighted by Gasteiger charge is -2.23. The van der Waals surface area contributed by atoms with Crippen LogP contribution in [-0.2, 0) is 4.74 Å². The van der Waals surface area contributed by atoms with Crippen LogP contribution in [0.15, 0.2) is 18.3 Å². The van der Waals surface area contributed by atoms with Crippen LogP contribution < -0.4 is 5.32 Å². The van der Waals surface area contributed by atoms with Gasteiger partial charge in [0.1, 0.15) is 0 Å². The van der Waals surface area contributed by atoms with E-state index >= 15 is 0 Å². The topological polar surface area (TPSA) is 34.1 Å². The van der Waals surface area contributed by atoms with E-state index in [-0.39, 0.29) is 0 Å². The van der Waals surface area contributed by atoms with Gasteiger partial charge in [0, 0.05) is 12.6 Å². The van der Waals surface area contributed by atoms with Gasteiger partial charge in [-0.05, 0) is 25.0 Å². The molecule has 0 aromatic carbocycles. The summed E-state index contributed by atoms with van der Waals surface area (Å²) >= 11 is 0. The summed E-state index contributed by atoms with van der Waals surface area (Å²) in [5.41, 5.74) is 0.849. The second kappa shape index (κ2) is 4.37. The molecule has 0 radical (unpaired) electrons. The fourth-order valence-electron chi connectivity index (χ4n) is 1.55. The van der Waals surface area contributed by atoms with Gasteiger partial charge in [0.15, 0.2) is 0 Å². The first-order chi connectivity index (χ1) is 6.84. The number of halogens is 1. The molecule has 0 spiro atoms. The zero-order chi connectivity index (χ0) is 9.80. The van der Waals surface area contributed by atoms with E-state index < -0.39 is 5.95 Å². The van der Waals surface area contributed by atoms with Gasteiger partial charge in [-0.2, -0.15) is 4.39 Å². The summed E-state index contributed by atoms with van der Waals surface area (Å²) in [7, 11) is 0. The van der Waals surface area contributed by atoms with E-state index in [0.717, 1.165) is 31.7 Å². The molecule has 0 amide bonds. The monoisotopic (exact) mass is 196 g/mol. The molecule has 1 atom stereocenters. The molecule has 3 nitrogen and oxygen atoms in total. The van der Waals surface area contributed by atoms with Gasteiger partial charge in [0.25, 0.3) is 0 Å². The normalized spacial score (nSPS) is 21.9. The molecule has 4 heteroatoms. The number of aromatic nitrogens is 1. The Morgan fingerprint density at radius 2 is 2.43 bits per heavy atom. The van der Waals surface area contributed by atoms with Crippen molar-refractivity contribution in [3.8, 4) is 0 Å². The quantitative estimate of drug-likeness (QED) is 0.732. The number of rotatable bonds is 2. The third-order valence-electron chi connectivity index (χ3n) is 2.26. The molecule has 14 heavy (non-hydrogen) atoms. The fraction of sp³-hybridized carbons (Fsp3) is 0.500. The molecule has 2 heterocycles. The molecule has 0 bridgehead atoms. The van der Waals surface area contributed by atoms with E-state index in [1.807, 2.05) is 0 Å². The van der Waals surface area contributed by atoms with Gasteiger partial charge >= 0.3 is 0 Å². The Labute approximate surface area is 82.3 Å². The van der Waals surface area contributed by atoms with Crippen LogP contribution in [0.5, 0.6) is 0 Å². The standard InChI is InChI=1S/C10H13FN2O/c11-10-4-3-8(6-12-10)13-9-2-1-5-14-7-9/h3-4,6,9,13H,1-2,5,7H2. The van der Waals surface area contributed by atoms with Crippen LogP contribution in [0.3, 0.4) is 0 Å². The van der Waals surface area contributed by atoms with Crippen molar-refractivity contribution in [2.75, 3.05) is 18.5 Å². The van der Waals surface area contributed by atoms with Crippen LogP contribution in [0.25, 0.3) is 0 Å². The van der Waals surface area contributed by atoms with Crippen LogP contribution in [0, 0.1) is 5.95 Å². The third kappa shape index (κ3) is 2.42. The van der Waals surface area contributed by atoms with Crippen molar-refractivity contribution < 1.29 is 9.13 Å². The molecule has 2 rings (SSSR count). The summed E-state index contributed by atoms with van der Waals surface area (Å²) in [6, 6.07) is 3.37. The lowest BCUT2D eigenvalue weighted by Crippen LogP contribution is -2.29. The highest BCUT2D eigenvalue weighted by Gasteiger charge is 2.13. The van der Waals surface area contributed by atoms with Crippen LogP contribution in [0.4, 0.5) is 10.1 Å². The third-order valence-corrected chi connectivity index (χ3v) is 2.26. The zero-order valence-electron chi connectivity index (χ0n) is 7.87. The van der Waals surface area contributed by atoms with Crippen molar-refractivity contribution in [3.05, 3.63) is 24.3 Å². The van der Waals surface area contributed by atoms with Crippen LogP contribution in [-0.4, -0.2) is 24.2 Å². The Balaban J connectivity index is 1.92. The van der Waals surface area contributed by atoms with Gasteiger partial charge in [-0.15, -0.1) is 0 Å². The van der Waals surface area contributed by atoms with Gasteiger partial charge in [-0.1, -0.05) is 0 Å². The predicted octanol–water partition coefficient (Wildman–Crippen LogP) is 1.81. The van der Waals surface area contributed by atoms with E-state index in [1.165, 1.54) is 12.3 Å². The van der Waals surface area contributed by atoms with Gasteiger partial charge in [-0.25, -0.2) is 4.98 Å². The highest BCUT2D eigenvalue weighted by molar-refractivity contribution is 5.41. The van der Waals surface area contributed by atoms with E-state index in [1.54, 1.807) is 6.07 Å². The first-order valence-corrected chi connectivity index (χ1v) is 4.80. The van der Waals surface area contributed by atoms with Gasteiger partial charge < -0.3 is 10.1 Å². The number of anilines is 1. The fourth-order valence-corrected chi connectivity index (χ4v) is 1.55. The maximum absolute atomic E-state index is 12.5. The second-order valence-electron chi connectivity index (χ2n) is 3.43. The highest BCUT2D eigenvalue weighted by Crippen LogP contribution is 2.13. The number of nitrogens with zero attached hydrogens (tertiary/aromatic N) is 1. The van der Waals surface area contributed by atoms with Crippen molar-refractivity contribution in [2.24, 2.45) is 0 Å². The van der Waals surface area contributed by atoms with Crippen molar-refractivity contribution in [3.63, 3.8) is 0 Å². The summed E-state index contributed by atoms with van der Waals surface area (Å²) in [6.45, 7) is 1.57. The summed E-state index contributed by atoms with van der Waals surface area (Å²) in [6.07, 6.45) is 3.67. The molecule has 1 unspecified atom stereocenters.